The van der Waals surface area contributed by atoms with Gasteiger partial charge in [-0.15, -0.1) is 0 Å². The molecular weight excluding hydrogens is 507 g/mol. The number of aromatic nitrogens is 2. The van der Waals surface area contributed by atoms with Crippen molar-refractivity contribution in [2.45, 2.75) is 19.3 Å². The summed E-state index contributed by atoms with van der Waals surface area (Å²) in [7, 11) is 0. The molecule has 0 unspecified atom stereocenters. The van der Waals surface area contributed by atoms with Gasteiger partial charge < -0.3 is 10.4 Å². The van der Waals surface area contributed by atoms with Gasteiger partial charge in [0.1, 0.15) is 0 Å². The Labute approximate surface area is 221 Å². The van der Waals surface area contributed by atoms with Gasteiger partial charge in [0.15, 0.2) is 0 Å². The van der Waals surface area contributed by atoms with Gasteiger partial charge in [-0.2, -0.15) is 18.3 Å². The molecule has 9 heteroatoms. The first-order valence-corrected chi connectivity index (χ1v) is 12.0. The van der Waals surface area contributed by atoms with Crippen LogP contribution in [-0.2, 0) is 19.3 Å². The van der Waals surface area contributed by atoms with Crippen LogP contribution in [0.4, 0.5) is 13.2 Å². The van der Waals surface area contributed by atoms with E-state index < -0.39 is 17.7 Å². The Balaban J connectivity index is 1.49. The molecule has 6 nitrogen and oxygen atoms in total. The number of fused-ring (bicyclic) bond motifs is 1. The van der Waals surface area contributed by atoms with E-state index in [1.165, 1.54) is 24.3 Å². The van der Waals surface area contributed by atoms with Crippen LogP contribution in [0.2, 0.25) is 0 Å². The first-order chi connectivity index (χ1) is 18.7. The van der Waals surface area contributed by atoms with Crippen molar-refractivity contribution in [1.29, 1.82) is 0 Å². The molecule has 1 heterocycles. The molecule has 196 valence electrons. The van der Waals surface area contributed by atoms with E-state index in [0.29, 0.717) is 22.0 Å². The van der Waals surface area contributed by atoms with Crippen molar-refractivity contribution >= 4 is 22.8 Å². The number of carbonyl (C=O) groups is 2. The van der Waals surface area contributed by atoms with Crippen LogP contribution in [0.5, 0.6) is 0 Å². The first kappa shape index (κ1) is 25.7. The minimum absolute atomic E-state index is 0.148. The molecule has 0 aliphatic heterocycles. The Morgan fingerprint density at radius 2 is 1.51 bits per heavy atom. The normalized spacial score (nSPS) is 11.5. The van der Waals surface area contributed by atoms with E-state index in [9.17, 15) is 22.8 Å². The highest BCUT2D eigenvalue weighted by atomic mass is 19.4. The third kappa shape index (κ3) is 5.67. The van der Waals surface area contributed by atoms with Crippen LogP contribution >= 0.6 is 0 Å². The van der Waals surface area contributed by atoms with Crippen LogP contribution in [0.1, 0.15) is 37.4 Å². The predicted molar refractivity (Wildman–Crippen MR) is 140 cm³/mol. The average molecular weight is 530 g/mol. The fraction of sp³-hybridized carbons (Fsp3) is 0.100. The summed E-state index contributed by atoms with van der Waals surface area (Å²) in [5, 5.41) is 17.1. The second kappa shape index (κ2) is 10.4. The molecule has 0 radical (unpaired) electrons. The molecular formula is C30H22F3N3O3. The van der Waals surface area contributed by atoms with Crippen LogP contribution in [0.25, 0.3) is 22.0 Å². The van der Waals surface area contributed by atoms with E-state index in [4.69, 9.17) is 5.11 Å². The monoisotopic (exact) mass is 529 g/mol. The van der Waals surface area contributed by atoms with Gasteiger partial charge in [0.2, 0.25) is 0 Å². The van der Waals surface area contributed by atoms with Gasteiger partial charge >= 0.3 is 12.1 Å². The summed E-state index contributed by atoms with van der Waals surface area (Å²) in [6.45, 7) is 0.339. The lowest BCUT2D eigenvalue weighted by molar-refractivity contribution is -0.137. The molecule has 0 atom stereocenters. The van der Waals surface area contributed by atoms with Crippen molar-refractivity contribution in [2.75, 3.05) is 0 Å². The molecule has 4 aromatic carbocycles. The first-order valence-electron chi connectivity index (χ1n) is 12.0. The fourth-order valence-corrected chi connectivity index (χ4v) is 4.34. The molecule has 0 spiro atoms. The number of amides is 1. The lowest BCUT2D eigenvalue weighted by Crippen LogP contribution is -2.24. The van der Waals surface area contributed by atoms with E-state index in [-0.39, 0.29) is 24.6 Å². The highest BCUT2D eigenvalue weighted by Gasteiger charge is 2.30. The number of hydrogen-bond acceptors (Lipinski definition) is 3. The Kier molecular flexibility index (Phi) is 6.89. The van der Waals surface area contributed by atoms with Gasteiger partial charge in [-0.05, 0) is 58.7 Å². The van der Waals surface area contributed by atoms with E-state index >= 15 is 0 Å². The maximum absolute atomic E-state index is 13.5. The summed E-state index contributed by atoms with van der Waals surface area (Å²) < 4.78 is 40.6. The minimum atomic E-state index is -4.43. The van der Waals surface area contributed by atoms with E-state index in [2.05, 4.69) is 10.4 Å². The summed E-state index contributed by atoms with van der Waals surface area (Å²) in [6, 6.07) is 24.3. The zero-order valence-corrected chi connectivity index (χ0v) is 20.4. The van der Waals surface area contributed by atoms with Crippen LogP contribution in [-0.4, -0.2) is 26.8 Å². The van der Waals surface area contributed by atoms with Gasteiger partial charge in [0, 0.05) is 11.9 Å². The fourth-order valence-electron chi connectivity index (χ4n) is 4.34. The Morgan fingerprint density at radius 3 is 2.15 bits per heavy atom. The van der Waals surface area contributed by atoms with Crippen LogP contribution in [0, 0.1) is 0 Å². The number of hydrogen-bond donors (Lipinski definition) is 2. The molecule has 39 heavy (non-hydrogen) atoms. The smallest absolute Gasteiger partial charge is 0.416 e. The van der Waals surface area contributed by atoms with Gasteiger partial charge in [-0.1, -0.05) is 54.6 Å². The molecule has 0 saturated carbocycles. The van der Waals surface area contributed by atoms with E-state index in [0.717, 1.165) is 28.8 Å². The SMILES string of the molecule is O=C(O)c1ccc(CNC(=O)c2cc(-c3ccccc3)cc3cnn(Cc4ccc(C(F)(F)F)cc4)c23)cc1. The molecule has 2 N–H and O–H groups in total. The standard InChI is InChI=1S/C30H22F3N3O3/c31-30(32,33)25-12-8-20(9-13-25)18-36-27-24(17-35-36)14-23(21-4-2-1-3-5-21)15-26(27)28(37)34-16-19-6-10-22(11-7-19)29(38)39/h1-15,17H,16,18H2,(H,34,37)(H,38,39). The van der Waals surface area contributed by atoms with Gasteiger partial charge in [-0.25, -0.2) is 4.79 Å². The molecule has 0 bridgehead atoms. The van der Waals surface area contributed by atoms with Crippen LogP contribution < -0.4 is 5.32 Å². The van der Waals surface area contributed by atoms with Crippen molar-refractivity contribution in [3.8, 4) is 11.1 Å². The maximum atomic E-state index is 13.5. The zero-order chi connectivity index (χ0) is 27.6. The zero-order valence-electron chi connectivity index (χ0n) is 20.4. The summed E-state index contributed by atoms with van der Waals surface area (Å²) in [5.74, 6) is -1.40. The van der Waals surface area contributed by atoms with Crippen molar-refractivity contribution < 1.29 is 27.9 Å². The van der Waals surface area contributed by atoms with Crippen molar-refractivity contribution in [2.24, 2.45) is 0 Å². The molecule has 0 aliphatic carbocycles. The molecule has 0 fully saturated rings. The van der Waals surface area contributed by atoms with Crippen LogP contribution in [0.15, 0.2) is 97.2 Å². The molecule has 0 aliphatic rings. The predicted octanol–water partition coefficient (Wildman–Crippen LogP) is 6.40. The number of rotatable bonds is 7. The molecule has 1 amide bonds. The quantitative estimate of drug-likeness (QED) is 0.256. The van der Waals surface area contributed by atoms with Crippen molar-refractivity contribution in [3.63, 3.8) is 0 Å². The van der Waals surface area contributed by atoms with Gasteiger partial charge in [-0.3, -0.25) is 9.48 Å². The Bertz CT molecular complexity index is 1640. The molecule has 0 saturated heterocycles. The van der Waals surface area contributed by atoms with Gasteiger partial charge in [0.05, 0.1) is 34.9 Å². The summed E-state index contributed by atoms with van der Waals surface area (Å²) >= 11 is 0. The number of carbonyl (C=O) groups excluding carboxylic acids is 1. The number of nitrogens with one attached hydrogen (secondary N) is 1. The minimum Gasteiger partial charge on any atom is -0.478 e. The highest BCUT2D eigenvalue weighted by Crippen LogP contribution is 2.31. The third-order valence-corrected chi connectivity index (χ3v) is 6.35. The van der Waals surface area contributed by atoms with Crippen molar-refractivity contribution in [1.82, 2.24) is 15.1 Å². The van der Waals surface area contributed by atoms with Gasteiger partial charge in [0.25, 0.3) is 5.91 Å². The summed E-state index contributed by atoms with van der Waals surface area (Å²) in [4.78, 5) is 24.6. The summed E-state index contributed by atoms with van der Waals surface area (Å²) in [6.07, 6.45) is -2.79. The lowest BCUT2D eigenvalue weighted by Gasteiger charge is -2.13. The summed E-state index contributed by atoms with van der Waals surface area (Å²) in [5.41, 5.74) is 3.37. The van der Waals surface area contributed by atoms with E-state index in [1.807, 2.05) is 36.4 Å². The topological polar surface area (TPSA) is 84.2 Å². The molecule has 1 aromatic heterocycles. The number of halogens is 3. The Morgan fingerprint density at radius 1 is 0.846 bits per heavy atom. The average Bonchev–Trinajstić information content (AvgIpc) is 3.34. The highest BCUT2D eigenvalue weighted by molar-refractivity contribution is 6.07. The number of benzene rings is 4. The molecule has 5 rings (SSSR count). The van der Waals surface area contributed by atoms with Crippen LogP contribution in [0.3, 0.4) is 0 Å². The number of nitrogens with zero attached hydrogens (tertiary/aromatic N) is 2. The Hall–Kier alpha value is -4.92. The maximum Gasteiger partial charge on any atom is 0.416 e. The van der Waals surface area contributed by atoms with E-state index in [1.54, 1.807) is 29.1 Å². The second-order valence-electron chi connectivity index (χ2n) is 9.01. The number of alkyl halides is 3. The number of carboxylic acids is 1. The third-order valence-electron chi connectivity index (χ3n) is 6.35. The van der Waals surface area contributed by atoms with Crippen molar-refractivity contribution in [3.05, 3.63) is 125 Å². The lowest BCUT2D eigenvalue weighted by atomic mass is 9.99. The molecule has 5 aromatic rings. The second-order valence-corrected chi connectivity index (χ2v) is 9.01. The largest absolute Gasteiger partial charge is 0.478 e. The number of aromatic carboxylic acids is 1. The number of carboxylic acid groups (broad SMARTS) is 1.